The number of fused-ring (bicyclic) bond motifs is 1. The summed E-state index contributed by atoms with van der Waals surface area (Å²) >= 11 is 0. The predicted molar refractivity (Wildman–Crippen MR) is 139 cm³/mol. The number of carbonyl (C=O) groups is 1. The standard InChI is InChI=1S/C27H35N7O2/c1-17(2)25(29)33-16-19(10-13-24(33)28)36-23-12-11-22(20-8-6-7-9-21(20)23)32-26(35)31-18-14-30-34(15-18)27(3,4)5/h6-10,13-17,22-23,28-29H,11-12H2,1-5H3,(H2,31,32,35)/t22-,23-/m0/s1. The predicted octanol–water partition coefficient (Wildman–Crippen LogP) is 5.18. The summed E-state index contributed by atoms with van der Waals surface area (Å²) in [6.07, 6.45) is 6.43. The molecule has 36 heavy (non-hydrogen) atoms. The average Bonchev–Trinajstić information content (AvgIpc) is 3.30. The highest BCUT2D eigenvalue weighted by molar-refractivity contribution is 5.89. The topological polar surface area (TPSA) is 121 Å². The Hall–Kier alpha value is -3.88. The van der Waals surface area contributed by atoms with Crippen LogP contribution in [0.2, 0.25) is 0 Å². The van der Waals surface area contributed by atoms with Crippen LogP contribution < -0.4 is 20.9 Å². The van der Waals surface area contributed by atoms with Crippen molar-refractivity contribution >= 4 is 17.6 Å². The van der Waals surface area contributed by atoms with Gasteiger partial charge in [-0.2, -0.15) is 5.10 Å². The lowest BCUT2D eigenvalue weighted by Gasteiger charge is -2.32. The van der Waals surface area contributed by atoms with E-state index in [1.54, 1.807) is 29.1 Å². The van der Waals surface area contributed by atoms with Gasteiger partial charge < -0.3 is 15.4 Å². The number of aromatic nitrogens is 3. The Labute approximate surface area is 211 Å². The first kappa shape index (κ1) is 25.2. The van der Waals surface area contributed by atoms with Crippen molar-refractivity contribution in [1.82, 2.24) is 19.7 Å². The van der Waals surface area contributed by atoms with Crippen LogP contribution in [-0.2, 0) is 5.54 Å². The molecule has 4 N–H and O–H groups in total. The van der Waals surface area contributed by atoms with E-state index in [9.17, 15) is 4.79 Å². The number of hydrogen-bond donors (Lipinski definition) is 4. The third kappa shape index (κ3) is 5.50. The second-order valence-electron chi connectivity index (χ2n) is 10.5. The fourth-order valence-electron chi connectivity index (χ4n) is 4.30. The zero-order chi connectivity index (χ0) is 26.0. The van der Waals surface area contributed by atoms with Gasteiger partial charge in [0, 0.05) is 12.1 Å². The maximum atomic E-state index is 12.8. The molecule has 1 aliphatic rings. The summed E-state index contributed by atoms with van der Waals surface area (Å²) < 4.78 is 9.72. The first-order chi connectivity index (χ1) is 17.0. The van der Waals surface area contributed by atoms with Crippen molar-refractivity contribution in [3.05, 3.63) is 71.6 Å². The number of nitrogens with one attached hydrogen (secondary N) is 4. The van der Waals surface area contributed by atoms with Gasteiger partial charge in [0.15, 0.2) is 0 Å². The Morgan fingerprint density at radius 3 is 2.50 bits per heavy atom. The monoisotopic (exact) mass is 489 g/mol. The molecule has 0 saturated heterocycles. The molecular formula is C27H35N7O2. The summed E-state index contributed by atoms with van der Waals surface area (Å²) in [5, 5.41) is 26.8. The average molecular weight is 490 g/mol. The van der Waals surface area contributed by atoms with Crippen molar-refractivity contribution in [2.45, 2.75) is 65.1 Å². The zero-order valence-corrected chi connectivity index (χ0v) is 21.5. The van der Waals surface area contributed by atoms with Gasteiger partial charge in [-0.1, -0.05) is 38.1 Å². The van der Waals surface area contributed by atoms with E-state index >= 15 is 0 Å². The number of pyridine rings is 1. The summed E-state index contributed by atoms with van der Waals surface area (Å²) in [5.41, 5.74) is 2.77. The molecule has 1 aromatic carbocycles. The number of urea groups is 1. The molecule has 0 unspecified atom stereocenters. The first-order valence-corrected chi connectivity index (χ1v) is 12.3. The van der Waals surface area contributed by atoms with Crippen molar-refractivity contribution in [2.75, 3.05) is 5.32 Å². The fraction of sp³-hybridized carbons (Fsp3) is 0.407. The van der Waals surface area contributed by atoms with Gasteiger partial charge >= 0.3 is 6.03 Å². The molecule has 2 amide bonds. The SMILES string of the molecule is CC(C)C(=N)n1cc(O[C@H]2CC[C@H](NC(=O)Nc3cnn(C(C)(C)C)c3)c3ccccc32)ccc1=N. The number of benzene rings is 1. The van der Waals surface area contributed by atoms with Crippen molar-refractivity contribution < 1.29 is 9.53 Å². The van der Waals surface area contributed by atoms with Crippen LogP contribution in [0.1, 0.15) is 70.7 Å². The Morgan fingerprint density at radius 1 is 1.11 bits per heavy atom. The summed E-state index contributed by atoms with van der Waals surface area (Å²) in [6.45, 7) is 10.0. The van der Waals surface area contributed by atoms with Crippen LogP contribution in [0.25, 0.3) is 0 Å². The van der Waals surface area contributed by atoms with E-state index in [1.807, 2.05) is 49.0 Å². The van der Waals surface area contributed by atoms with E-state index in [0.717, 1.165) is 11.1 Å². The number of anilines is 1. The molecule has 1 aliphatic carbocycles. The van der Waals surface area contributed by atoms with Gasteiger partial charge in [-0.15, -0.1) is 0 Å². The van der Waals surface area contributed by atoms with E-state index in [0.29, 0.717) is 30.1 Å². The van der Waals surface area contributed by atoms with Crippen LogP contribution in [0.4, 0.5) is 10.5 Å². The molecule has 0 aliphatic heterocycles. The quantitative estimate of drug-likeness (QED) is 0.292. The van der Waals surface area contributed by atoms with Crippen molar-refractivity contribution in [2.24, 2.45) is 5.92 Å². The van der Waals surface area contributed by atoms with Gasteiger partial charge in [0.25, 0.3) is 0 Å². The molecule has 9 heteroatoms. The number of ether oxygens (including phenoxy) is 1. The summed E-state index contributed by atoms with van der Waals surface area (Å²) in [5.74, 6) is 0.944. The second-order valence-corrected chi connectivity index (χ2v) is 10.5. The highest BCUT2D eigenvalue weighted by atomic mass is 16.5. The molecule has 0 fully saturated rings. The van der Waals surface area contributed by atoms with Gasteiger partial charge in [0.05, 0.1) is 29.7 Å². The summed E-state index contributed by atoms with van der Waals surface area (Å²) in [6, 6.07) is 11.0. The molecule has 0 saturated carbocycles. The van der Waals surface area contributed by atoms with Crippen LogP contribution in [0, 0.1) is 16.7 Å². The molecule has 0 spiro atoms. The molecule has 2 aromatic heterocycles. The number of amides is 2. The smallest absolute Gasteiger partial charge is 0.319 e. The molecule has 2 heterocycles. The fourth-order valence-corrected chi connectivity index (χ4v) is 4.30. The minimum Gasteiger partial charge on any atom is -0.484 e. The van der Waals surface area contributed by atoms with E-state index in [-0.39, 0.29) is 35.1 Å². The lowest BCUT2D eigenvalue weighted by Crippen LogP contribution is -2.35. The largest absolute Gasteiger partial charge is 0.484 e. The van der Waals surface area contributed by atoms with E-state index in [4.69, 9.17) is 15.6 Å². The normalized spacial score (nSPS) is 17.4. The molecular weight excluding hydrogens is 454 g/mol. The third-order valence-corrected chi connectivity index (χ3v) is 6.28. The maximum absolute atomic E-state index is 12.8. The number of carbonyl (C=O) groups excluding carboxylic acids is 1. The Bertz CT molecular complexity index is 1320. The lowest BCUT2D eigenvalue weighted by atomic mass is 9.85. The molecule has 0 bridgehead atoms. The maximum Gasteiger partial charge on any atom is 0.319 e. The summed E-state index contributed by atoms with van der Waals surface area (Å²) in [4.78, 5) is 12.8. The molecule has 3 aromatic rings. The molecule has 0 radical (unpaired) electrons. The second kappa shape index (κ2) is 10.0. The number of rotatable bonds is 5. The Morgan fingerprint density at radius 2 is 1.83 bits per heavy atom. The minimum atomic E-state index is -0.276. The summed E-state index contributed by atoms with van der Waals surface area (Å²) in [7, 11) is 0. The highest BCUT2D eigenvalue weighted by Crippen LogP contribution is 2.38. The van der Waals surface area contributed by atoms with E-state index in [1.165, 1.54) is 0 Å². The number of nitrogens with zero attached hydrogens (tertiary/aromatic N) is 3. The Kier molecular flexibility index (Phi) is 7.01. The van der Waals surface area contributed by atoms with Crippen LogP contribution >= 0.6 is 0 Å². The molecule has 4 rings (SSSR count). The highest BCUT2D eigenvalue weighted by Gasteiger charge is 2.29. The van der Waals surface area contributed by atoms with Crippen molar-refractivity contribution in [1.29, 1.82) is 10.8 Å². The molecule has 190 valence electrons. The van der Waals surface area contributed by atoms with Crippen molar-refractivity contribution in [3.63, 3.8) is 0 Å². The lowest BCUT2D eigenvalue weighted by molar-refractivity contribution is 0.171. The number of hydrogen-bond acceptors (Lipinski definition) is 5. The molecule has 9 nitrogen and oxygen atoms in total. The minimum absolute atomic E-state index is 0.00876. The van der Waals surface area contributed by atoms with Crippen LogP contribution in [-0.4, -0.2) is 26.2 Å². The van der Waals surface area contributed by atoms with Crippen molar-refractivity contribution in [3.8, 4) is 5.75 Å². The Balaban J connectivity index is 1.48. The van der Waals surface area contributed by atoms with E-state index < -0.39 is 0 Å². The molecule has 2 atom stereocenters. The van der Waals surface area contributed by atoms with Crippen LogP contribution in [0.15, 0.2) is 55.0 Å². The van der Waals surface area contributed by atoms with Gasteiger partial charge in [-0.25, -0.2) is 4.79 Å². The first-order valence-electron chi connectivity index (χ1n) is 12.3. The van der Waals surface area contributed by atoms with Gasteiger partial charge in [0.2, 0.25) is 0 Å². The third-order valence-electron chi connectivity index (χ3n) is 6.28. The van der Waals surface area contributed by atoms with Gasteiger partial charge in [0.1, 0.15) is 23.2 Å². The van der Waals surface area contributed by atoms with E-state index in [2.05, 4.69) is 36.5 Å². The van der Waals surface area contributed by atoms with Gasteiger partial charge in [-0.3, -0.25) is 20.1 Å². The van der Waals surface area contributed by atoms with Crippen LogP contribution in [0.5, 0.6) is 5.75 Å². The zero-order valence-electron chi connectivity index (χ0n) is 21.5. The van der Waals surface area contributed by atoms with Crippen LogP contribution in [0.3, 0.4) is 0 Å². The van der Waals surface area contributed by atoms with Gasteiger partial charge in [-0.05, 0) is 56.9 Å².